The van der Waals surface area contributed by atoms with Gasteiger partial charge in [-0.2, -0.15) is 0 Å². The molecule has 266 valence electrons. The number of rotatable bonds is 10. The normalized spacial score (nSPS) is 13.9. The number of benzene rings is 6. The standard InChI is InChI=1S/C53H49N/c1-38-11-24-46(25-12-38)51(47-26-13-39(2)14-27-47)36-45-23-34-53(42(5)35-45)54(50-32-21-44(22-33-50)20-19-43-9-7-6-8-10-43)37-52(48-28-15-40(3)16-29-48)49-30-17-41(4)18-31-49/h6-34,36-37,42H,35H2,1-5H3/b20-19-. The molecule has 0 radical (unpaired) electrons. The van der Waals surface area contributed by atoms with E-state index < -0.39 is 0 Å². The van der Waals surface area contributed by atoms with E-state index in [1.165, 1.54) is 78.1 Å². The Balaban J connectivity index is 1.33. The first-order valence-electron chi connectivity index (χ1n) is 19.0. The van der Waals surface area contributed by atoms with Gasteiger partial charge in [0, 0.05) is 29.1 Å². The van der Waals surface area contributed by atoms with E-state index in [0.29, 0.717) is 0 Å². The second-order valence-electron chi connectivity index (χ2n) is 14.7. The van der Waals surface area contributed by atoms with Crippen LogP contribution < -0.4 is 4.90 Å². The maximum absolute atomic E-state index is 2.42. The van der Waals surface area contributed by atoms with Gasteiger partial charge in [0.25, 0.3) is 0 Å². The first-order chi connectivity index (χ1) is 26.3. The van der Waals surface area contributed by atoms with Gasteiger partial charge in [-0.15, -0.1) is 0 Å². The van der Waals surface area contributed by atoms with Crippen molar-refractivity contribution in [2.75, 3.05) is 4.90 Å². The highest BCUT2D eigenvalue weighted by atomic mass is 15.1. The van der Waals surface area contributed by atoms with Crippen molar-refractivity contribution in [2.24, 2.45) is 5.92 Å². The molecule has 1 aliphatic rings. The van der Waals surface area contributed by atoms with Crippen LogP contribution in [0.4, 0.5) is 5.69 Å². The fourth-order valence-corrected chi connectivity index (χ4v) is 7.00. The van der Waals surface area contributed by atoms with Crippen molar-refractivity contribution in [1.82, 2.24) is 0 Å². The fraction of sp³-hybridized carbons (Fsp3) is 0.132. The Morgan fingerprint density at radius 1 is 0.481 bits per heavy atom. The summed E-state index contributed by atoms with van der Waals surface area (Å²) in [6, 6.07) is 55.1. The summed E-state index contributed by atoms with van der Waals surface area (Å²) in [5, 5.41) is 0. The molecule has 0 aromatic heterocycles. The van der Waals surface area contributed by atoms with Gasteiger partial charge in [-0.1, -0.05) is 193 Å². The van der Waals surface area contributed by atoms with Crippen molar-refractivity contribution in [3.63, 3.8) is 0 Å². The van der Waals surface area contributed by atoms with Crippen molar-refractivity contribution in [3.05, 3.63) is 243 Å². The van der Waals surface area contributed by atoms with Crippen molar-refractivity contribution < 1.29 is 0 Å². The van der Waals surface area contributed by atoms with Gasteiger partial charge in [-0.05, 0) is 96.9 Å². The lowest BCUT2D eigenvalue weighted by atomic mass is 9.87. The van der Waals surface area contributed by atoms with Gasteiger partial charge in [0.15, 0.2) is 0 Å². The number of anilines is 1. The molecular formula is C53H49N. The molecule has 6 aromatic rings. The van der Waals surface area contributed by atoms with Crippen LogP contribution in [0.15, 0.2) is 187 Å². The molecule has 1 unspecified atom stereocenters. The van der Waals surface area contributed by atoms with Gasteiger partial charge >= 0.3 is 0 Å². The van der Waals surface area contributed by atoms with Crippen LogP contribution in [0.5, 0.6) is 0 Å². The predicted octanol–water partition coefficient (Wildman–Crippen LogP) is 14.0. The van der Waals surface area contributed by atoms with Crippen LogP contribution in [0.2, 0.25) is 0 Å². The van der Waals surface area contributed by atoms with Crippen LogP contribution in [-0.4, -0.2) is 0 Å². The Morgan fingerprint density at radius 3 is 1.35 bits per heavy atom. The van der Waals surface area contributed by atoms with Crippen LogP contribution in [-0.2, 0) is 0 Å². The Bertz CT molecular complexity index is 2230. The predicted molar refractivity (Wildman–Crippen MR) is 233 cm³/mol. The van der Waals surface area contributed by atoms with E-state index in [1.54, 1.807) is 0 Å². The van der Waals surface area contributed by atoms with Crippen LogP contribution in [0.25, 0.3) is 23.3 Å². The topological polar surface area (TPSA) is 3.24 Å². The highest BCUT2D eigenvalue weighted by Crippen LogP contribution is 2.37. The molecule has 0 fully saturated rings. The van der Waals surface area contributed by atoms with Crippen molar-refractivity contribution >= 4 is 29.0 Å². The van der Waals surface area contributed by atoms with Crippen molar-refractivity contribution in [2.45, 2.75) is 41.0 Å². The zero-order valence-electron chi connectivity index (χ0n) is 32.1. The molecule has 0 bridgehead atoms. The molecule has 0 heterocycles. The maximum atomic E-state index is 2.42. The zero-order chi connectivity index (χ0) is 37.4. The second-order valence-corrected chi connectivity index (χ2v) is 14.7. The molecule has 0 spiro atoms. The van der Waals surface area contributed by atoms with Gasteiger partial charge in [-0.25, -0.2) is 0 Å². The fourth-order valence-electron chi connectivity index (χ4n) is 7.00. The lowest BCUT2D eigenvalue weighted by Crippen LogP contribution is -2.23. The summed E-state index contributed by atoms with van der Waals surface area (Å²) < 4.78 is 0. The van der Waals surface area contributed by atoms with Gasteiger partial charge in [0.2, 0.25) is 0 Å². The number of hydrogen-bond acceptors (Lipinski definition) is 1. The molecule has 6 aromatic carbocycles. The van der Waals surface area contributed by atoms with E-state index >= 15 is 0 Å². The molecule has 1 aliphatic carbocycles. The summed E-state index contributed by atoms with van der Waals surface area (Å²) in [7, 11) is 0. The Hall–Kier alpha value is -6.18. The summed E-state index contributed by atoms with van der Waals surface area (Å²) in [6.45, 7) is 11.0. The van der Waals surface area contributed by atoms with Gasteiger partial charge in [0.1, 0.15) is 0 Å². The number of nitrogens with zero attached hydrogens (tertiary/aromatic N) is 1. The SMILES string of the molecule is Cc1ccc(C(=CC2=CC=C(N(C=C(c3ccc(C)cc3)c3ccc(C)cc3)c3ccc(/C=C\c4ccccc4)cc3)C(C)C2)c2ccc(C)cc2)cc1. The third-order valence-corrected chi connectivity index (χ3v) is 10.3. The molecule has 0 amide bonds. The first kappa shape index (κ1) is 36.2. The Labute approximate surface area is 322 Å². The molecule has 0 saturated carbocycles. The van der Waals surface area contributed by atoms with Gasteiger partial charge in [-0.3, -0.25) is 0 Å². The molecule has 7 rings (SSSR count). The lowest BCUT2D eigenvalue weighted by Gasteiger charge is -2.32. The largest absolute Gasteiger partial charge is 0.320 e. The average Bonchev–Trinajstić information content (AvgIpc) is 3.19. The minimum atomic E-state index is 0.268. The minimum Gasteiger partial charge on any atom is -0.320 e. The number of hydrogen-bond donors (Lipinski definition) is 0. The summed E-state index contributed by atoms with van der Waals surface area (Å²) in [5.41, 5.74) is 18.4. The molecular weight excluding hydrogens is 651 g/mol. The lowest BCUT2D eigenvalue weighted by molar-refractivity contribution is 0.654. The molecule has 0 N–H and O–H groups in total. The monoisotopic (exact) mass is 699 g/mol. The van der Waals surface area contributed by atoms with Crippen molar-refractivity contribution in [1.29, 1.82) is 0 Å². The molecule has 54 heavy (non-hydrogen) atoms. The van der Waals surface area contributed by atoms with E-state index in [4.69, 9.17) is 0 Å². The molecule has 0 saturated heterocycles. The van der Waals surface area contributed by atoms with Crippen LogP contribution in [0, 0.1) is 33.6 Å². The quantitative estimate of drug-likeness (QED) is 0.129. The van der Waals surface area contributed by atoms with Crippen LogP contribution >= 0.6 is 0 Å². The summed E-state index contributed by atoms with van der Waals surface area (Å²) in [6.07, 6.45) is 14.7. The zero-order valence-corrected chi connectivity index (χ0v) is 32.1. The third kappa shape index (κ3) is 8.88. The van der Waals surface area contributed by atoms with E-state index in [2.05, 4.69) is 228 Å². The smallest absolute Gasteiger partial charge is 0.0453 e. The minimum absolute atomic E-state index is 0.268. The number of allylic oxidation sites excluding steroid dienone is 5. The average molecular weight is 700 g/mol. The number of aryl methyl sites for hydroxylation is 4. The molecule has 0 aliphatic heterocycles. The third-order valence-electron chi connectivity index (χ3n) is 10.3. The van der Waals surface area contributed by atoms with Crippen LogP contribution in [0.3, 0.4) is 0 Å². The van der Waals surface area contributed by atoms with E-state index in [1.807, 2.05) is 0 Å². The van der Waals surface area contributed by atoms with E-state index in [9.17, 15) is 0 Å². The second kappa shape index (κ2) is 16.7. The van der Waals surface area contributed by atoms with E-state index in [-0.39, 0.29) is 5.92 Å². The Morgan fingerprint density at radius 2 is 0.907 bits per heavy atom. The molecule has 1 heteroatoms. The summed E-state index contributed by atoms with van der Waals surface area (Å²) >= 11 is 0. The van der Waals surface area contributed by atoms with E-state index in [0.717, 1.165) is 12.1 Å². The summed E-state index contributed by atoms with van der Waals surface area (Å²) in [4.78, 5) is 2.42. The maximum Gasteiger partial charge on any atom is 0.0453 e. The highest BCUT2D eigenvalue weighted by Gasteiger charge is 2.22. The van der Waals surface area contributed by atoms with Gasteiger partial charge < -0.3 is 4.90 Å². The highest BCUT2D eigenvalue weighted by molar-refractivity contribution is 5.84. The summed E-state index contributed by atoms with van der Waals surface area (Å²) in [5.74, 6) is 0.268. The van der Waals surface area contributed by atoms with Gasteiger partial charge in [0.05, 0.1) is 0 Å². The Kier molecular flexibility index (Phi) is 11.2. The van der Waals surface area contributed by atoms with Crippen LogP contribution in [0.1, 0.15) is 69.0 Å². The molecule has 1 nitrogen and oxygen atoms in total. The first-order valence-corrected chi connectivity index (χ1v) is 19.0. The molecule has 1 atom stereocenters. The van der Waals surface area contributed by atoms with Crippen molar-refractivity contribution in [3.8, 4) is 0 Å².